The average Bonchev–Trinajstić information content (AvgIpc) is 2.27. The average molecular weight is 234 g/mol. The molecule has 0 heterocycles. The molecule has 3 nitrogen and oxygen atoms in total. The quantitative estimate of drug-likeness (QED) is 0.796. The number of nitrogen functional groups attached to an aromatic ring is 1. The number of nitrogens with two attached hydrogens (primary N) is 1. The minimum Gasteiger partial charge on any atom is -0.497 e. The van der Waals surface area contributed by atoms with Gasteiger partial charge in [0.15, 0.2) is 0 Å². The van der Waals surface area contributed by atoms with Gasteiger partial charge >= 0.3 is 0 Å². The molecule has 1 aromatic carbocycles. The van der Waals surface area contributed by atoms with Gasteiger partial charge in [0.25, 0.3) is 0 Å². The molecule has 1 aliphatic carbocycles. The molecular formula is C14H22N2O. The Morgan fingerprint density at radius 1 is 1.35 bits per heavy atom. The van der Waals surface area contributed by atoms with E-state index >= 15 is 0 Å². The Kier molecular flexibility index (Phi) is 3.77. The molecule has 1 fully saturated rings. The van der Waals surface area contributed by atoms with E-state index in [1.54, 1.807) is 7.11 Å². The summed E-state index contributed by atoms with van der Waals surface area (Å²) in [5, 5.41) is 0. The lowest BCUT2D eigenvalue weighted by Crippen LogP contribution is -2.32. The first kappa shape index (κ1) is 12.1. The molecule has 3 heteroatoms. The molecule has 1 aliphatic rings. The number of methoxy groups -OCH3 is 1. The minimum absolute atomic E-state index is 0.770. The first-order valence-corrected chi connectivity index (χ1v) is 6.42. The Labute approximate surface area is 104 Å². The second-order valence-corrected chi connectivity index (χ2v) is 4.80. The fourth-order valence-electron chi connectivity index (χ4n) is 2.31. The van der Waals surface area contributed by atoms with Crippen LogP contribution in [0.4, 0.5) is 11.4 Å². The summed E-state index contributed by atoms with van der Waals surface area (Å²) in [6, 6.07) is 5.96. The van der Waals surface area contributed by atoms with Gasteiger partial charge in [0.05, 0.1) is 7.11 Å². The predicted octanol–water partition coefficient (Wildman–Crippen LogP) is 2.90. The van der Waals surface area contributed by atoms with Gasteiger partial charge in [-0.2, -0.15) is 0 Å². The maximum Gasteiger partial charge on any atom is 0.122 e. The number of anilines is 2. The molecule has 0 aromatic heterocycles. The number of benzene rings is 1. The molecule has 0 aliphatic heterocycles. The Balaban J connectivity index is 2.13. The Bertz CT molecular complexity index is 374. The Morgan fingerprint density at radius 2 is 2.12 bits per heavy atom. The van der Waals surface area contributed by atoms with Crippen LogP contribution in [-0.2, 0) is 0 Å². The van der Waals surface area contributed by atoms with Crippen molar-refractivity contribution in [3.63, 3.8) is 0 Å². The second kappa shape index (κ2) is 5.30. The highest BCUT2D eigenvalue weighted by Gasteiger charge is 2.20. The smallest absolute Gasteiger partial charge is 0.122 e. The summed E-state index contributed by atoms with van der Waals surface area (Å²) in [5.41, 5.74) is 7.85. The second-order valence-electron chi connectivity index (χ2n) is 4.80. The molecule has 2 rings (SSSR count). The summed E-state index contributed by atoms with van der Waals surface area (Å²) in [5.74, 6) is 1.70. The van der Waals surface area contributed by atoms with Crippen molar-refractivity contribution in [3.05, 3.63) is 18.2 Å². The van der Waals surface area contributed by atoms with Gasteiger partial charge < -0.3 is 15.4 Å². The van der Waals surface area contributed by atoms with Gasteiger partial charge in [-0.25, -0.2) is 0 Å². The molecule has 1 aromatic rings. The SMILES string of the molecule is CCN(CC1CCC1)c1cc(N)cc(OC)c1. The molecule has 0 atom stereocenters. The third-order valence-electron chi connectivity index (χ3n) is 3.60. The van der Waals surface area contributed by atoms with Crippen molar-refractivity contribution in [1.82, 2.24) is 0 Å². The Hall–Kier alpha value is -1.38. The van der Waals surface area contributed by atoms with Gasteiger partial charge in [-0.15, -0.1) is 0 Å². The van der Waals surface area contributed by atoms with E-state index < -0.39 is 0 Å². The van der Waals surface area contributed by atoms with E-state index in [0.29, 0.717) is 0 Å². The van der Waals surface area contributed by atoms with Crippen LogP contribution in [0.25, 0.3) is 0 Å². The fraction of sp³-hybridized carbons (Fsp3) is 0.571. The molecular weight excluding hydrogens is 212 g/mol. The van der Waals surface area contributed by atoms with E-state index in [1.807, 2.05) is 12.1 Å². The van der Waals surface area contributed by atoms with Gasteiger partial charge in [-0.3, -0.25) is 0 Å². The van der Waals surface area contributed by atoms with Crippen LogP contribution in [0.3, 0.4) is 0 Å². The molecule has 0 saturated heterocycles. The number of ether oxygens (including phenoxy) is 1. The number of hydrogen-bond donors (Lipinski definition) is 1. The molecule has 0 amide bonds. The molecule has 0 unspecified atom stereocenters. The van der Waals surface area contributed by atoms with Gasteiger partial charge in [-0.05, 0) is 31.7 Å². The normalized spacial score (nSPS) is 15.4. The van der Waals surface area contributed by atoms with Crippen LogP contribution < -0.4 is 15.4 Å². The topological polar surface area (TPSA) is 38.5 Å². The van der Waals surface area contributed by atoms with Crippen LogP contribution in [0.5, 0.6) is 5.75 Å². The highest BCUT2D eigenvalue weighted by molar-refractivity contribution is 5.60. The summed E-state index contributed by atoms with van der Waals surface area (Å²) in [4.78, 5) is 2.39. The van der Waals surface area contributed by atoms with Gasteiger partial charge in [-0.1, -0.05) is 6.42 Å². The molecule has 1 saturated carbocycles. The lowest BCUT2D eigenvalue weighted by Gasteiger charge is -2.33. The number of hydrogen-bond acceptors (Lipinski definition) is 3. The van der Waals surface area contributed by atoms with Crippen molar-refractivity contribution in [2.45, 2.75) is 26.2 Å². The van der Waals surface area contributed by atoms with Gasteiger partial charge in [0.2, 0.25) is 0 Å². The summed E-state index contributed by atoms with van der Waals surface area (Å²) in [6.07, 6.45) is 4.13. The molecule has 2 N–H and O–H groups in total. The van der Waals surface area contributed by atoms with Gasteiger partial charge in [0, 0.05) is 36.6 Å². The lowest BCUT2D eigenvalue weighted by atomic mass is 9.85. The highest BCUT2D eigenvalue weighted by atomic mass is 16.5. The maximum absolute atomic E-state index is 5.90. The molecule has 0 radical (unpaired) electrons. The van der Waals surface area contributed by atoms with Crippen LogP contribution in [0, 0.1) is 5.92 Å². The zero-order valence-electron chi connectivity index (χ0n) is 10.8. The van der Waals surface area contributed by atoms with E-state index in [-0.39, 0.29) is 0 Å². The summed E-state index contributed by atoms with van der Waals surface area (Å²) in [6.45, 7) is 4.35. The standard InChI is InChI=1S/C14H22N2O/c1-3-16(10-11-5-4-6-11)13-7-12(15)8-14(9-13)17-2/h7-9,11H,3-6,10,15H2,1-2H3. The van der Waals surface area contributed by atoms with Crippen molar-refractivity contribution in [1.29, 1.82) is 0 Å². The van der Waals surface area contributed by atoms with Crippen molar-refractivity contribution in [2.75, 3.05) is 30.8 Å². The maximum atomic E-state index is 5.90. The fourth-order valence-corrected chi connectivity index (χ4v) is 2.31. The van der Waals surface area contributed by atoms with Crippen LogP contribution in [0.15, 0.2) is 18.2 Å². The zero-order chi connectivity index (χ0) is 12.3. The first-order valence-electron chi connectivity index (χ1n) is 6.42. The zero-order valence-corrected chi connectivity index (χ0v) is 10.8. The molecule has 94 valence electrons. The third kappa shape index (κ3) is 2.84. The highest BCUT2D eigenvalue weighted by Crippen LogP contribution is 2.31. The summed E-state index contributed by atoms with van der Waals surface area (Å²) < 4.78 is 5.27. The van der Waals surface area contributed by atoms with Crippen LogP contribution in [0.2, 0.25) is 0 Å². The monoisotopic (exact) mass is 234 g/mol. The predicted molar refractivity (Wildman–Crippen MR) is 72.6 cm³/mol. The first-order chi connectivity index (χ1) is 8.22. The number of rotatable bonds is 5. The van der Waals surface area contributed by atoms with Crippen molar-refractivity contribution >= 4 is 11.4 Å². The minimum atomic E-state index is 0.770. The van der Waals surface area contributed by atoms with Crippen molar-refractivity contribution in [3.8, 4) is 5.75 Å². The van der Waals surface area contributed by atoms with E-state index in [2.05, 4.69) is 17.9 Å². The number of nitrogens with zero attached hydrogens (tertiary/aromatic N) is 1. The summed E-state index contributed by atoms with van der Waals surface area (Å²) in [7, 11) is 1.68. The van der Waals surface area contributed by atoms with Crippen LogP contribution >= 0.6 is 0 Å². The van der Waals surface area contributed by atoms with E-state index in [1.165, 1.54) is 24.9 Å². The molecule has 0 spiro atoms. The largest absolute Gasteiger partial charge is 0.497 e. The molecule has 0 bridgehead atoms. The third-order valence-corrected chi connectivity index (χ3v) is 3.60. The molecule has 17 heavy (non-hydrogen) atoms. The van der Waals surface area contributed by atoms with E-state index in [4.69, 9.17) is 10.5 Å². The lowest BCUT2D eigenvalue weighted by molar-refractivity contribution is 0.318. The van der Waals surface area contributed by atoms with Gasteiger partial charge in [0.1, 0.15) is 5.75 Å². The van der Waals surface area contributed by atoms with Crippen molar-refractivity contribution < 1.29 is 4.74 Å². The van der Waals surface area contributed by atoms with Crippen LogP contribution in [-0.4, -0.2) is 20.2 Å². The van der Waals surface area contributed by atoms with Crippen molar-refractivity contribution in [2.24, 2.45) is 5.92 Å². The van der Waals surface area contributed by atoms with E-state index in [9.17, 15) is 0 Å². The summed E-state index contributed by atoms with van der Waals surface area (Å²) >= 11 is 0. The Morgan fingerprint density at radius 3 is 2.65 bits per heavy atom. The van der Waals surface area contributed by atoms with E-state index in [0.717, 1.165) is 30.4 Å². The van der Waals surface area contributed by atoms with Crippen LogP contribution in [0.1, 0.15) is 26.2 Å².